The van der Waals surface area contributed by atoms with Gasteiger partial charge in [0.15, 0.2) is 0 Å². The Morgan fingerprint density at radius 1 is 1.33 bits per heavy atom. The lowest BCUT2D eigenvalue weighted by Gasteiger charge is -2.40. The van der Waals surface area contributed by atoms with Gasteiger partial charge >= 0.3 is 0 Å². The predicted octanol–water partition coefficient (Wildman–Crippen LogP) is 3.88. The van der Waals surface area contributed by atoms with Crippen LogP contribution in [-0.4, -0.2) is 25.2 Å². The van der Waals surface area contributed by atoms with Gasteiger partial charge in [-0.25, -0.2) is 0 Å². The van der Waals surface area contributed by atoms with Gasteiger partial charge in [-0.3, -0.25) is 0 Å². The smallest absolute Gasteiger partial charge is 0.0643 e. The number of rotatable bonds is 2. The Bertz CT molecular complexity index is 434. The number of anilines is 1. The number of benzene rings is 1. The van der Waals surface area contributed by atoms with Crippen molar-refractivity contribution in [2.75, 3.05) is 18.0 Å². The Hall–Kier alpha value is -0.440. The van der Waals surface area contributed by atoms with E-state index in [1.165, 1.54) is 0 Å². The van der Waals surface area contributed by atoms with Crippen molar-refractivity contribution in [2.24, 2.45) is 0 Å². The van der Waals surface area contributed by atoms with E-state index in [4.69, 9.17) is 23.2 Å². The van der Waals surface area contributed by atoms with E-state index >= 15 is 0 Å². The third-order valence-electron chi connectivity index (χ3n) is 3.68. The third kappa shape index (κ3) is 2.76. The molecule has 0 aromatic heterocycles. The maximum atomic E-state index is 6.37. The molecule has 1 N–H and O–H groups in total. The second kappa shape index (κ2) is 5.68. The normalized spacial score (nSPS) is 24.4. The molecule has 2 atom stereocenters. The minimum Gasteiger partial charge on any atom is -0.365 e. The average molecular weight is 287 g/mol. The third-order valence-corrected chi connectivity index (χ3v) is 4.39. The Kier molecular flexibility index (Phi) is 4.41. The summed E-state index contributed by atoms with van der Waals surface area (Å²) >= 11 is 12.6. The van der Waals surface area contributed by atoms with Crippen LogP contribution in [0, 0.1) is 6.92 Å². The molecule has 2 nitrogen and oxygen atoms in total. The van der Waals surface area contributed by atoms with Crippen molar-refractivity contribution in [3.63, 3.8) is 0 Å². The summed E-state index contributed by atoms with van der Waals surface area (Å²) < 4.78 is 0. The highest BCUT2D eigenvalue weighted by Gasteiger charge is 2.25. The molecule has 0 bridgehead atoms. The van der Waals surface area contributed by atoms with Gasteiger partial charge < -0.3 is 10.2 Å². The number of nitrogens with zero attached hydrogens (tertiary/aromatic N) is 1. The van der Waals surface area contributed by atoms with Gasteiger partial charge in [0.2, 0.25) is 0 Å². The van der Waals surface area contributed by atoms with Crippen LogP contribution in [0.15, 0.2) is 12.1 Å². The molecule has 1 aliphatic heterocycles. The fourth-order valence-electron chi connectivity index (χ4n) is 2.39. The van der Waals surface area contributed by atoms with Gasteiger partial charge in [0.05, 0.1) is 10.7 Å². The number of nitrogens with one attached hydrogen (secondary N) is 1. The summed E-state index contributed by atoms with van der Waals surface area (Å²) in [5.74, 6) is 0. The summed E-state index contributed by atoms with van der Waals surface area (Å²) in [7, 11) is 0. The fraction of sp³-hybridized carbons (Fsp3) is 0.571. The Morgan fingerprint density at radius 2 is 2.06 bits per heavy atom. The second-order valence-electron chi connectivity index (χ2n) is 5.07. The lowest BCUT2D eigenvalue weighted by atomic mass is 10.1. The summed E-state index contributed by atoms with van der Waals surface area (Å²) in [6, 6.07) is 4.91. The molecule has 100 valence electrons. The fourth-order valence-corrected chi connectivity index (χ4v) is 2.88. The molecule has 0 amide bonds. The first-order valence-electron chi connectivity index (χ1n) is 6.48. The predicted molar refractivity (Wildman–Crippen MR) is 80.1 cm³/mol. The van der Waals surface area contributed by atoms with E-state index in [1.807, 2.05) is 19.1 Å². The first-order chi connectivity index (χ1) is 8.52. The lowest BCUT2D eigenvalue weighted by Crippen LogP contribution is -2.55. The monoisotopic (exact) mass is 286 g/mol. The van der Waals surface area contributed by atoms with Gasteiger partial charge in [-0.2, -0.15) is 0 Å². The zero-order valence-corrected chi connectivity index (χ0v) is 12.6. The van der Waals surface area contributed by atoms with Gasteiger partial charge in [0.25, 0.3) is 0 Å². The van der Waals surface area contributed by atoms with E-state index in [0.717, 1.165) is 40.8 Å². The Morgan fingerprint density at radius 3 is 2.72 bits per heavy atom. The molecule has 2 rings (SSSR count). The zero-order chi connectivity index (χ0) is 13.3. The van der Waals surface area contributed by atoms with Crippen LogP contribution in [0.5, 0.6) is 0 Å². The van der Waals surface area contributed by atoms with E-state index < -0.39 is 0 Å². The maximum Gasteiger partial charge on any atom is 0.0643 e. The van der Waals surface area contributed by atoms with E-state index in [1.54, 1.807) is 0 Å². The number of hydrogen-bond acceptors (Lipinski definition) is 2. The van der Waals surface area contributed by atoms with E-state index in [2.05, 4.69) is 24.1 Å². The van der Waals surface area contributed by atoms with Crippen molar-refractivity contribution >= 4 is 28.9 Å². The summed E-state index contributed by atoms with van der Waals surface area (Å²) in [4.78, 5) is 2.36. The van der Waals surface area contributed by atoms with Crippen LogP contribution in [-0.2, 0) is 0 Å². The van der Waals surface area contributed by atoms with E-state index in [-0.39, 0.29) is 0 Å². The van der Waals surface area contributed by atoms with Crippen LogP contribution in [0.1, 0.15) is 25.8 Å². The molecule has 4 heteroatoms. The van der Waals surface area contributed by atoms with Crippen molar-refractivity contribution in [2.45, 2.75) is 39.3 Å². The van der Waals surface area contributed by atoms with Crippen LogP contribution in [0.25, 0.3) is 0 Å². The topological polar surface area (TPSA) is 15.3 Å². The summed E-state index contributed by atoms with van der Waals surface area (Å²) in [6.45, 7) is 8.36. The molecule has 0 spiro atoms. The molecule has 1 aliphatic rings. The molecule has 1 aromatic carbocycles. The first-order valence-corrected chi connectivity index (χ1v) is 7.24. The highest BCUT2D eigenvalue weighted by Crippen LogP contribution is 2.33. The average Bonchev–Trinajstić information content (AvgIpc) is 2.35. The SMILES string of the molecule is CCC1CN(c2cc(Cl)c(C)cc2Cl)C(C)CN1. The molecular formula is C14H20Cl2N2. The van der Waals surface area contributed by atoms with E-state index in [9.17, 15) is 0 Å². The Labute approximate surface area is 119 Å². The first kappa shape index (κ1) is 14.0. The zero-order valence-electron chi connectivity index (χ0n) is 11.1. The van der Waals surface area contributed by atoms with Crippen molar-refractivity contribution in [1.82, 2.24) is 5.32 Å². The molecule has 0 radical (unpaired) electrons. The van der Waals surface area contributed by atoms with Crippen molar-refractivity contribution in [3.05, 3.63) is 27.7 Å². The Balaban J connectivity index is 2.31. The van der Waals surface area contributed by atoms with Gasteiger partial charge in [-0.15, -0.1) is 0 Å². The molecule has 1 heterocycles. The minimum absolute atomic E-state index is 0.434. The molecule has 0 saturated carbocycles. The molecule has 1 saturated heterocycles. The maximum absolute atomic E-state index is 6.37. The quantitative estimate of drug-likeness (QED) is 0.888. The van der Waals surface area contributed by atoms with Crippen LogP contribution >= 0.6 is 23.2 Å². The van der Waals surface area contributed by atoms with Crippen LogP contribution in [0.2, 0.25) is 10.0 Å². The molecule has 1 aromatic rings. The van der Waals surface area contributed by atoms with Gasteiger partial charge in [0, 0.05) is 30.2 Å². The summed E-state index contributed by atoms with van der Waals surface area (Å²) in [6.07, 6.45) is 1.13. The van der Waals surface area contributed by atoms with Crippen LogP contribution in [0.3, 0.4) is 0 Å². The van der Waals surface area contributed by atoms with Crippen LogP contribution < -0.4 is 10.2 Å². The standard InChI is InChI=1S/C14H20Cl2N2/c1-4-11-8-18(10(3)7-17-11)14-6-12(15)9(2)5-13(14)16/h5-6,10-11,17H,4,7-8H2,1-3H3. The van der Waals surface area contributed by atoms with Gasteiger partial charge in [-0.05, 0) is 38.0 Å². The lowest BCUT2D eigenvalue weighted by molar-refractivity contribution is 0.397. The van der Waals surface area contributed by atoms with Crippen molar-refractivity contribution in [1.29, 1.82) is 0 Å². The molecule has 0 aliphatic carbocycles. The number of halogens is 2. The second-order valence-corrected chi connectivity index (χ2v) is 5.88. The summed E-state index contributed by atoms with van der Waals surface area (Å²) in [5, 5.41) is 5.12. The summed E-state index contributed by atoms with van der Waals surface area (Å²) in [5.41, 5.74) is 2.08. The van der Waals surface area contributed by atoms with Gasteiger partial charge in [0.1, 0.15) is 0 Å². The van der Waals surface area contributed by atoms with Gasteiger partial charge in [-0.1, -0.05) is 30.1 Å². The highest BCUT2D eigenvalue weighted by molar-refractivity contribution is 6.35. The van der Waals surface area contributed by atoms with Crippen LogP contribution in [0.4, 0.5) is 5.69 Å². The number of hydrogen-bond donors (Lipinski definition) is 1. The highest BCUT2D eigenvalue weighted by atomic mass is 35.5. The minimum atomic E-state index is 0.434. The van der Waals surface area contributed by atoms with E-state index in [0.29, 0.717) is 12.1 Å². The molecule has 1 fully saturated rings. The van der Waals surface area contributed by atoms with Crippen molar-refractivity contribution in [3.8, 4) is 0 Å². The number of piperazine rings is 1. The number of aryl methyl sites for hydroxylation is 1. The largest absolute Gasteiger partial charge is 0.365 e. The van der Waals surface area contributed by atoms with Crippen molar-refractivity contribution < 1.29 is 0 Å². The molecular weight excluding hydrogens is 267 g/mol. The molecule has 2 unspecified atom stereocenters. The molecule has 18 heavy (non-hydrogen) atoms.